The van der Waals surface area contributed by atoms with E-state index in [4.69, 9.17) is 4.74 Å². The van der Waals surface area contributed by atoms with E-state index in [-0.39, 0.29) is 6.10 Å². The van der Waals surface area contributed by atoms with Gasteiger partial charge >= 0.3 is 0 Å². The molecule has 3 nitrogen and oxygen atoms in total. The van der Waals surface area contributed by atoms with E-state index in [1.165, 1.54) is 6.42 Å². The first-order chi connectivity index (χ1) is 6.33. The Bertz CT molecular complexity index is 130. The monoisotopic (exact) mass is 187 g/mol. The maximum Gasteiger partial charge on any atom is 0.0667 e. The third-order valence-corrected chi connectivity index (χ3v) is 2.55. The van der Waals surface area contributed by atoms with Crippen LogP contribution >= 0.6 is 0 Å². The molecule has 0 amide bonds. The van der Waals surface area contributed by atoms with Gasteiger partial charge in [0.25, 0.3) is 0 Å². The van der Waals surface area contributed by atoms with Crippen molar-refractivity contribution >= 4 is 0 Å². The van der Waals surface area contributed by atoms with Gasteiger partial charge in [-0.3, -0.25) is 0 Å². The van der Waals surface area contributed by atoms with Crippen molar-refractivity contribution in [3.05, 3.63) is 0 Å². The number of methoxy groups -OCH3 is 1. The summed E-state index contributed by atoms with van der Waals surface area (Å²) < 4.78 is 4.98. The summed E-state index contributed by atoms with van der Waals surface area (Å²) in [5.74, 6) is 0. The topological polar surface area (TPSA) is 32.7 Å². The van der Waals surface area contributed by atoms with Gasteiger partial charge in [0.15, 0.2) is 0 Å². The van der Waals surface area contributed by atoms with Crippen molar-refractivity contribution in [1.29, 1.82) is 0 Å². The number of aliphatic hydroxyl groups excluding tert-OH is 1. The van der Waals surface area contributed by atoms with Gasteiger partial charge in [-0.2, -0.15) is 0 Å². The van der Waals surface area contributed by atoms with Crippen molar-refractivity contribution in [2.75, 3.05) is 33.4 Å². The minimum Gasteiger partial charge on any atom is -0.392 e. The Kier molecular flexibility index (Phi) is 5.35. The number of hydrogen-bond acceptors (Lipinski definition) is 3. The molecule has 1 unspecified atom stereocenters. The number of rotatable bonds is 5. The molecule has 0 radical (unpaired) electrons. The highest BCUT2D eigenvalue weighted by molar-refractivity contribution is 4.71. The standard InChI is InChI=1S/C10H21NO2/c1-13-8-3-2-6-11-7-4-5-10(12)9-11/h10,12H,2-9H2,1H3. The van der Waals surface area contributed by atoms with Crippen LogP contribution in [-0.2, 0) is 4.74 Å². The van der Waals surface area contributed by atoms with Crippen LogP contribution in [0.1, 0.15) is 25.7 Å². The molecule has 0 aliphatic carbocycles. The van der Waals surface area contributed by atoms with E-state index in [1.807, 2.05) is 0 Å². The van der Waals surface area contributed by atoms with Crippen molar-refractivity contribution in [3.8, 4) is 0 Å². The molecule has 13 heavy (non-hydrogen) atoms. The molecule has 1 heterocycles. The maximum atomic E-state index is 9.42. The van der Waals surface area contributed by atoms with Crippen molar-refractivity contribution < 1.29 is 9.84 Å². The minimum atomic E-state index is -0.0869. The van der Waals surface area contributed by atoms with Gasteiger partial charge in [-0.15, -0.1) is 0 Å². The normalized spacial score (nSPS) is 24.9. The molecule has 1 fully saturated rings. The predicted molar refractivity (Wildman–Crippen MR) is 52.8 cm³/mol. The van der Waals surface area contributed by atoms with Crippen LogP contribution in [0.2, 0.25) is 0 Å². The molecule has 1 aliphatic rings. The second kappa shape index (κ2) is 6.35. The molecule has 3 heteroatoms. The van der Waals surface area contributed by atoms with Crippen molar-refractivity contribution in [3.63, 3.8) is 0 Å². The zero-order valence-corrected chi connectivity index (χ0v) is 8.54. The van der Waals surface area contributed by atoms with E-state index in [0.717, 1.165) is 45.5 Å². The van der Waals surface area contributed by atoms with Gasteiger partial charge in [0, 0.05) is 20.3 Å². The molecule has 1 N–H and O–H groups in total. The molecule has 0 spiro atoms. The number of aliphatic hydroxyl groups is 1. The fraction of sp³-hybridized carbons (Fsp3) is 1.00. The molecule has 0 aromatic carbocycles. The lowest BCUT2D eigenvalue weighted by Gasteiger charge is -2.29. The number of nitrogens with zero attached hydrogens (tertiary/aromatic N) is 1. The van der Waals surface area contributed by atoms with Crippen molar-refractivity contribution in [1.82, 2.24) is 4.90 Å². The van der Waals surface area contributed by atoms with Gasteiger partial charge in [-0.1, -0.05) is 0 Å². The lowest BCUT2D eigenvalue weighted by molar-refractivity contribution is 0.0684. The molecule has 0 aromatic heterocycles. The Labute approximate surface area is 80.7 Å². The molecule has 0 saturated carbocycles. The number of piperidine rings is 1. The summed E-state index contributed by atoms with van der Waals surface area (Å²) in [5, 5.41) is 9.42. The average Bonchev–Trinajstić information content (AvgIpc) is 2.13. The van der Waals surface area contributed by atoms with Crippen LogP contribution in [0.5, 0.6) is 0 Å². The van der Waals surface area contributed by atoms with Gasteiger partial charge < -0.3 is 14.7 Å². The number of β-amino-alcohol motifs (C(OH)–C–C–N with tert-alkyl or cyclic N) is 1. The number of likely N-dealkylation sites (tertiary alicyclic amines) is 1. The van der Waals surface area contributed by atoms with Crippen LogP contribution in [0.15, 0.2) is 0 Å². The van der Waals surface area contributed by atoms with Crippen LogP contribution in [0, 0.1) is 0 Å². The second-order valence-corrected chi connectivity index (χ2v) is 3.80. The summed E-state index contributed by atoms with van der Waals surface area (Å²) in [6, 6.07) is 0. The first-order valence-corrected chi connectivity index (χ1v) is 5.22. The third kappa shape index (κ3) is 4.60. The van der Waals surface area contributed by atoms with E-state index in [0.29, 0.717) is 0 Å². The summed E-state index contributed by atoms with van der Waals surface area (Å²) in [6.45, 7) is 3.99. The summed E-state index contributed by atoms with van der Waals surface area (Å²) in [5.41, 5.74) is 0. The molecule has 1 aliphatic heterocycles. The van der Waals surface area contributed by atoms with Gasteiger partial charge in [0.1, 0.15) is 0 Å². The fourth-order valence-electron chi connectivity index (χ4n) is 1.82. The number of ether oxygens (including phenoxy) is 1. The maximum absolute atomic E-state index is 9.42. The highest BCUT2D eigenvalue weighted by atomic mass is 16.5. The zero-order chi connectivity index (χ0) is 9.52. The third-order valence-electron chi connectivity index (χ3n) is 2.55. The summed E-state index contributed by atoms with van der Waals surface area (Å²) in [4.78, 5) is 2.35. The Morgan fingerprint density at radius 1 is 1.46 bits per heavy atom. The summed E-state index contributed by atoms with van der Waals surface area (Å²) in [6.07, 6.45) is 4.35. The molecule has 1 saturated heterocycles. The predicted octanol–water partition coefficient (Wildman–Crippen LogP) is 0.870. The highest BCUT2D eigenvalue weighted by Gasteiger charge is 2.16. The SMILES string of the molecule is COCCCCN1CCCC(O)C1. The first-order valence-electron chi connectivity index (χ1n) is 5.22. The highest BCUT2D eigenvalue weighted by Crippen LogP contribution is 2.10. The van der Waals surface area contributed by atoms with Gasteiger partial charge in [0.05, 0.1) is 6.10 Å². The lowest BCUT2D eigenvalue weighted by atomic mass is 10.1. The molecule has 78 valence electrons. The van der Waals surface area contributed by atoms with Crippen LogP contribution < -0.4 is 0 Å². The van der Waals surface area contributed by atoms with Gasteiger partial charge in [0.2, 0.25) is 0 Å². The van der Waals surface area contributed by atoms with E-state index in [2.05, 4.69) is 4.90 Å². The van der Waals surface area contributed by atoms with Gasteiger partial charge in [-0.05, 0) is 38.8 Å². The van der Waals surface area contributed by atoms with Gasteiger partial charge in [-0.25, -0.2) is 0 Å². The largest absolute Gasteiger partial charge is 0.392 e. The average molecular weight is 187 g/mol. The lowest BCUT2D eigenvalue weighted by Crippen LogP contribution is -2.38. The minimum absolute atomic E-state index is 0.0869. The van der Waals surface area contributed by atoms with Crippen LogP contribution in [0.3, 0.4) is 0 Å². The van der Waals surface area contributed by atoms with Crippen LogP contribution in [0.4, 0.5) is 0 Å². The number of hydrogen-bond donors (Lipinski definition) is 1. The second-order valence-electron chi connectivity index (χ2n) is 3.80. The molecule has 1 rings (SSSR count). The molecule has 0 bridgehead atoms. The smallest absolute Gasteiger partial charge is 0.0667 e. The quantitative estimate of drug-likeness (QED) is 0.648. The summed E-state index contributed by atoms with van der Waals surface area (Å²) in [7, 11) is 1.74. The van der Waals surface area contributed by atoms with Crippen molar-refractivity contribution in [2.45, 2.75) is 31.8 Å². The molecular formula is C10H21NO2. The van der Waals surface area contributed by atoms with E-state index < -0.39 is 0 Å². The Morgan fingerprint density at radius 2 is 2.31 bits per heavy atom. The van der Waals surface area contributed by atoms with E-state index >= 15 is 0 Å². The van der Waals surface area contributed by atoms with Crippen LogP contribution in [0.25, 0.3) is 0 Å². The molecule has 0 aromatic rings. The van der Waals surface area contributed by atoms with Crippen molar-refractivity contribution in [2.24, 2.45) is 0 Å². The number of unbranched alkanes of at least 4 members (excludes halogenated alkanes) is 1. The van der Waals surface area contributed by atoms with Crippen LogP contribution in [-0.4, -0.2) is 49.5 Å². The fourth-order valence-corrected chi connectivity index (χ4v) is 1.82. The Hall–Kier alpha value is -0.120. The zero-order valence-electron chi connectivity index (χ0n) is 8.54. The van der Waals surface area contributed by atoms with E-state index in [9.17, 15) is 5.11 Å². The Morgan fingerprint density at radius 3 is 3.00 bits per heavy atom. The first kappa shape index (κ1) is 11.0. The summed E-state index contributed by atoms with van der Waals surface area (Å²) >= 11 is 0. The Balaban J connectivity index is 2.00. The molecular weight excluding hydrogens is 166 g/mol. The molecule has 1 atom stereocenters. The van der Waals surface area contributed by atoms with E-state index in [1.54, 1.807) is 7.11 Å².